The van der Waals surface area contributed by atoms with Crippen LogP contribution in [0.5, 0.6) is 0 Å². The summed E-state index contributed by atoms with van der Waals surface area (Å²) in [5.74, 6) is 1.06. The number of esters is 1. The maximum atomic E-state index is 11.9. The number of benzene rings is 1. The van der Waals surface area contributed by atoms with E-state index in [1.807, 2.05) is 13.0 Å². The zero-order valence-corrected chi connectivity index (χ0v) is 13.7. The summed E-state index contributed by atoms with van der Waals surface area (Å²) in [6.07, 6.45) is 2.53. The fraction of sp³-hybridized carbons (Fsp3) is 0.500. The number of carbonyl (C=O) groups excluding carboxylic acids is 1. The van der Waals surface area contributed by atoms with Crippen LogP contribution in [0.15, 0.2) is 27.7 Å². The molecule has 0 aromatic heterocycles. The van der Waals surface area contributed by atoms with Crippen LogP contribution in [0.4, 0.5) is 5.69 Å². The molecule has 0 spiro atoms. The summed E-state index contributed by atoms with van der Waals surface area (Å²) in [5, 5.41) is 0. The fourth-order valence-electron chi connectivity index (χ4n) is 2.97. The Balaban J connectivity index is 1.77. The lowest BCUT2D eigenvalue weighted by Crippen LogP contribution is -2.32. The van der Waals surface area contributed by atoms with Crippen molar-refractivity contribution >= 4 is 33.4 Å². The molecule has 4 nitrogen and oxygen atoms in total. The molecule has 1 aromatic carbocycles. The van der Waals surface area contributed by atoms with E-state index < -0.39 is 0 Å². The first-order chi connectivity index (χ1) is 10.2. The molecule has 1 unspecified atom stereocenters. The summed E-state index contributed by atoms with van der Waals surface area (Å²) < 4.78 is 6.25. The van der Waals surface area contributed by atoms with Crippen LogP contribution in [0.3, 0.4) is 0 Å². The smallest absolute Gasteiger partial charge is 0.308 e. The molecule has 1 aromatic rings. The highest BCUT2D eigenvalue weighted by molar-refractivity contribution is 9.10. The maximum absolute atomic E-state index is 11.9. The Bertz CT molecular complexity index is 586. The van der Waals surface area contributed by atoms with Gasteiger partial charge in [0, 0.05) is 24.0 Å². The summed E-state index contributed by atoms with van der Waals surface area (Å²) in [6.45, 7) is 4.06. The molecule has 1 saturated heterocycles. The fourth-order valence-corrected chi connectivity index (χ4v) is 3.38. The van der Waals surface area contributed by atoms with Crippen LogP contribution in [0.25, 0.3) is 0 Å². The summed E-state index contributed by atoms with van der Waals surface area (Å²) in [7, 11) is 0. The van der Waals surface area contributed by atoms with Crippen molar-refractivity contribution in [2.24, 2.45) is 10.9 Å². The Labute approximate surface area is 133 Å². The number of rotatable bonds is 2. The van der Waals surface area contributed by atoms with Gasteiger partial charge < -0.3 is 9.64 Å². The normalized spacial score (nSPS) is 21.0. The summed E-state index contributed by atoms with van der Waals surface area (Å²) in [6, 6.07) is 6.21. The summed E-state index contributed by atoms with van der Waals surface area (Å²) in [4.78, 5) is 19.0. The van der Waals surface area contributed by atoms with Crippen LogP contribution in [0, 0.1) is 5.92 Å². The average molecular weight is 351 g/mol. The molecule has 0 amide bonds. The molecule has 2 heterocycles. The minimum atomic E-state index is -0.0572. The van der Waals surface area contributed by atoms with Gasteiger partial charge in [0.25, 0.3) is 0 Å². The van der Waals surface area contributed by atoms with E-state index in [1.54, 1.807) is 0 Å². The van der Waals surface area contributed by atoms with Crippen LogP contribution >= 0.6 is 15.9 Å². The van der Waals surface area contributed by atoms with Crippen molar-refractivity contribution in [3.63, 3.8) is 0 Å². The van der Waals surface area contributed by atoms with E-state index in [0.717, 1.165) is 48.3 Å². The number of hydrogen-bond acceptors (Lipinski definition) is 4. The number of amidine groups is 1. The van der Waals surface area contributed by atoms with Gasteiger partial charge in [-0.2, -0.15) is 0 Å². The second-order valence-electron chi connectivity index (χ2n) is 5.50. The standard InChI is InChI=1S/C16H19BrN2O2/c1-2-21-16(20)11-3-6-15-18-14-5-4-13(17)9-12(14)10-19(15)8-7-11/h4-5,9,11H,2-3,6-8,10H2,1H3. The molecular weight excluding hydrogens is 332 g/mol. The first-order valence-corrected chi connectivity index (χ1v) is 8.24. The van der Waals surface area contributed by atoms with E-state index in [0.29, 0.717) is 6.61 Å². The van der Waals surface area contributed by atoms with E-state index in [4.69, 9.17) is 9.73 Å². The minimum absolute atomic E-state index is 0.00750. The molecule has 1 atom stereocenters. The number of fused-ring (bicyclic) bond motifs is 2. The molecule has 0 saturated carbocycles. The van der Waals surface area contributed by atoms with Gasteiger partial charge in [-0.1, -0.05) is 15.9 Å². The lowest BCUT2D eigenvalue weighted by atomic mass is 10.0. The van der Waals surface area contributed by atoms with Crippen molar-refractivity contribution in [3.05, 3.63) is 28.2 Å². The second-order valence-corrected chi connectivity index (χ2v) is 6.41. The lowest BCUT2D eigenvalue weighted by Gasteiger charge is -2.29. The maximum Gasteiger partial charge on any atom is 0.308 e. The van der Waals surface area contributed by atoms with Gasteiger partial charge in [-0.05, 0) is 43.5 Å². The van der Waals surface area contributed by atoms with Crippen molar-refractivity contribution in [1.29, 1.82) is 0 Å². The Morgan fingerprint density at radius 2 is 2.33 bits per heavy atom. The van der Waals surface area contributed by atoms with Crippen molar-refractivity contribution in [2.75, 3.05) is 13.2 Å². The highest BCUT2D eigenvalue weighted by atomic mass is 79.9. The zero-order chi connectivity index (χ0) is 14.8. The molecule has 0 N–H and O–H groups in total. The molecule has 112 valence electrons. The quantitative estimate of drug-likeness (QED) is 0.764. The third-order valence-corrected chi connectivity index (χ3v) is 4.59. The first kappa shape index (κ1) is 14.6. The minimum Gasteiger partial charge on any atom is -0.466 e. The lowest BCUT2D eigenvalue weighted by molar-refractivity contribution is -0.148. The Hall–Kier alpha value is -1.36. The van der Waals surface area contributed by atoms with Gasteiger partial charge >= 0.3 is 5.97 Å². The number of aliphatic imine (C=N–C) groups is 1. The van der Waals surface area contributed by atoms with Crippen LogP contribution in [-0.2, 0) is 16.1 Å². The van der Waals surface area contributed by atoms with Crippen molar-refractivity contribution in [3.8, 4) is 0 Å². The van der Waals surface area contributed by atoms with E-state index in [1.165, 1.54) is 5.56 Å². The zero-order valence-electron chi connectivity index (χ0n) is 12.1. The van der Waals surface area contributed by atoms with Gasteiger partial charge in [0.2, 0.25) is 0 Å². The van der Waals surface area contributed by atoms with E-state index >= 15 is 0 Å². The highest BCUT2D eigenvalue weighted by Crippen LogP contribution is 2.32. The van der Waals surface area contributed by atoms with Gasteiger partial charge in [-0.3, -0.25) is 4.79 Å². The summed E-state index contributed by atoms with van der Waals surface area (Å²) in [5.41, 5.74) is 2.29. The molecule has 0 bridgehead atoms. The van der Waals surface area contributed by atoms with E-state index in [-0.39, 0.29) is 11.9 Å². The van der Waals surface area contributed by atoms with E-state index in [9.17, 15) is 4.79 Å². The molecule has 3 rings (SSSR count). The van der Waals surface area contributed by atoms with Crippen LogP contribution < -0.4 is 0 Å². The van der Waals surface area contributed by atoms with Crippen molar-refractivity contribution < 1.29 is 9.53 Å². The molecule has 2 aliphatic heterocycles. The van der Waals surface area contributed by atoms with Gasteiger partial charge in [0.1, 0.15) is 5.84 Å². The highest BCUT2D eigenvalue weighted by Gasteiger charge is 2.28. The molecule has 5 heteroatoms. The average Bonchev–Trinajstić information content (AvgIpc) is 2.67. The van der Waals surface area contributed by atoms with Crippen molar-refractivity contribution in [2.45, 2.75) is 32.7 Å². The Kier molecular flexibility index (Phi) is 4.29. The Morgan fingerprint density at radius 1 is 1.48 bits per heavy atom. The van der Waals surface area contributed by atoms with Crippen LogP contribution in [-0.4, -0.2) is 29.9 Å². The molecule has 1 fully saturated rings. The van der Waals surface area contributed by atoms with Gasteiger partial charge in [0.15, 0.2) is 0 Å². The number of halogens is 1. The molecule has 21 heavy (non-hydrogen) atoms. The predicted molar refractivity (Wildman–Crippen MR) is 85.6 cm³/mol. The third-order valence-electron chi connectivity index (χ3n) is 4.10. The predicted octanol–water partition coefficient (Wildman–Crippen LogP) is 3.66. The molecule has 2 aliphatic rings. The topological polar surface area (TPSA) is 41.9 Å². The van der Waals surface area contributed by atoms with Crippen LogP contribution in [0.1, 0.15) is 31.7 Å². The SMILES string of the molecule is CCOC(=O)C1CCC2=Nc3ccc(Br)cc3CN2CC1. The van der Waals surface area contributed by atoms with Gasteiger partial charge in [-0.25, -0.2) is 4.99 Å². The van der Waals surface area contributed by atoms with Gasteiger partial charge in [0.05, 0.1) is 18.2 Å². The molecular formula is C16H19BrN2O2. The number of ether oxygens (including phenoxy) is 1. The van der Waals surface area contributed by atoms with Crippen molar-refractivity contribution in [1.82, 2.24) is 4.90 Å². The van der Waals surface area contributed by atoms with Gasteiger partial charge in [-0.15, -0.1) is 0 Å². The number of carbonyl (C=O) groups is 1. The Morgan fingerprint density at radius 3 is 3.14 bits per heavy atom. The molecule has 0 aliphatic carbocycles. The number of hydrogen-bond donors (Lipinski definition) is 0. The first-order valence-electron chi connectivity index (χ1n) is 7.45. The summed E-state index contributed by atoms with van der Waals surface area (Å²) >= 11 is 3.51. The van der Waals surface area contributed by atoms with E-state index in [2.05, 4.69) is 33.0 Å². The molecule has 0 radical (unpaired) electrons. The second kappa shape index (κ2) is 6.18. The van der Waals surface area contributed by atoms with Crippen LogP contribution in [0.2, 0.25) is 0 Å². The largest absolute Gasteiger partial charge is 0.466 e. The third kappa shape index (κ3) is 3.12. The monoisotopic (exact) mass is 350 g/mol. The number of nitrogens with zero attached hydrogens (tertiary/aromatic N) is 2.